The Morgan fingerprint density at radius 2 is 1.62 bits per heavy atom. The Labute approximate surface area is 151 Å². The third-order valence-electron chi connectivity index (χ3n) is 3.62. The average Bonchev–Trinajstić information content (AvgIpc) is 2.64. The third kappa shape index (κ3) is 5.34. The van der Waals surface area contributed by atoms with E-state index in [4.69, 9.17) is 9.84 Å². The van der Waals surface area contributed by atoms with Crippen LogP contribution in [0.1, 0.15) is 22.8 Å². The number of hydrazone groups is 1. The lowest BCUT2D eigenvalue weighted by atomic mass is 10.1. The van der Waals surface area contributed by atoms with Gasteiger partial charge in [-0.1, -0.05) is 0 Å². The Bertz CT molecular complexity index is 797. The number of carboxylic acid groups (broad SMARTS) is 1. The van der Waals surface area contributed by atoms with Crippen molar-refractivity contribution in [2.24, 2.45) is 5.10 Å². The van der Waals surface area contributed by atoms with Gasteiger partial charge in [0.05, 0.1) is 17.0 Å². The summed E-state index contributed by atoms with van der Waals surface area (Å²) in [6.07, 6.45) is 0. The number of nitrogens with zero attached hydrogens (tertiary/aromatic N) is 2. The summed E-state index contributed by atoms with van der Waals surface area (Å²) in [5, 5.41) is 13.2. The van der Waals surface area contributed by atoms with Gasteiger partial charge in [-0.25, -0.2) is 4.79 Å². The Morgan fingerprint density at radius 1 is 1.04 bits per heavy atom. The van der Waals surface area contributed by atoms with Crippen LogP contribution in [0.2, 0.25) is 0 Å². The van der Waals surface area contributed by atoms with Crippen molar-refractivity contribution in [2.75, 3.05) is 26.1 Å². The predicted octanol–water partition coefficient (Wildman–Crippen LogP) is 2.69. The second kappa shape index (κ2) is 8.66. The van der Waals surface area contributed by atoms with Crippen molar-refractivity contribution in [3.05, 3.63) is 59.7 Å². The topological polar surface area (TPSA) is 91.2 Å². The molecule has 0 spiro atoms. The SMILES string of the molecule is C/C(=N/Nc1ccc(C(=O)O)cc1)c1ccc(OCC(=O)N(C)C)cc1. The summed E-state index contributed by atoms with van der Waals surface area (Å²) in [7, 11) is 3.35. The molecule has 1 amide bonds. The predicted molar refractivity (Wildman–Crippen MR) is 99.9 cm³/mol. The molecule has 0 bridgehead atoms. The van der Waals surface area contributed by atoms with E-state index in [-0.39, 0.29) is 18.1 Å². The van der Waals surface area contributed by atoms with Gasteiger partial charge in [-0.05, 0) is 61.0 Å². The molecular weight excluding hydrogens is 334 g/mol. The van der Waals surface area contributed by atoms with Gasteiger partial charge in [-0.3, -0.25) is 10.2 Å². The van der Waals surface area contributed by atoms with Crippen LogP contribution in [0, 0.1) is 0 Å². The van der Waals surface area contributed by atoms with Gasteiger partial charge >= 0.3 is 5.97 Å². The van der Waals surface area contributed by atoms with Crippen molar-refractivity contribution in [2.45, 2.75) is 6.92 Å². The summed E-state index contributed by atoms with van der Waals surface area (Å²) < 4.78 is 5.43. The number of carbonyl (C=O) groups is 2. The first kappa shape index (κ1) is 19.0. The summed E-state index contributed by atoms with van der Waals surface area (Å²) in [4.78, 5) is 23.8. The molecule has 0 saturated carbocycles. The average molecular weight is 355 g/mol. The summed E-state index contributed by atoms with van der Waals surface area (Å²) in [6.45, 7) is 1.84. The molecule has 2 rings (SSSR count). The molecule has 7 nitrogen and oxygen atoms in total. The van der Waals surface area contributed by atoms with Gasteiger partial charge in [-0.15, -0.1) is 0 Å². The van der Waals surface area contributed by atoms with Crippen molar-refractivity contribution in [1.29, 1.82) is 0 Å². The van der Waals surface area contributed by atoms with Gasteiger partial charge < -0.3 is 14.7 Å². The lowest BCUT2D eigenvalue weighted by Crippen LogP contribution is -2.27. The fourth-order valence-corrected chi connectivity index (χ4v) is 1.97. The number of benzene rings is 2. The largest absolute Gasteiger partial charge is 0.484 e. The van der Waals surface area contributed by atoms with Gasteiger partial charge in [0.1, 0.15) is 5.75 Å². The van der Waals surface area contributed by atoms with E-state index in [2.05, 4.69) is 10.5 Å². The van der Waals surface area contributed by atoms with E-state index in [0.29, 0.717) is 11.4 Å². The molecule has 26 heavy (non-hydrogen) atoms. The van der Waals surface area contributed by atoms with Crippen molar-refractivity contribution in [3.8, 4) is 5.75 Å². The fourth-order valence-electron chi connectivity index (χ4n) is 1.97. The summed E-state index contributed by atoms with van der Waals surface area (Å²) in [6, 6.07) is 13.6. The molecule has 0 unspecified atom stereocenters. The molecular formula is C19H21N3O4. The van der Waals surface area contributed by atoms with Crippen LogP contribution < -0.4 is 10.2 Å². The Balaban J connectivity index is 1.96. The number of carboxylic acids is 1. The second-order valence-corrected chi connectivity index (χ2v) is 5.79. The van der Waals surface area contributed by atoms with Gasteiger partial charge in [-0.2, -0.15) is 5.10 Å². The van der Waals surface area contributed by atoms with E-state index in [1.54, 1.807) is 38.4 Å². The number of hydrogen-bond acceptors (Lipinski definition) is 5. The molecule has 0 atom stereocenters. The molecule has 0 aromatic heterocycles. The minimum absolute atomic E-state index is 0.00664. The van der Waals surface area contributed by atoms with E-state index in [1.807, 2.05) is 19.1 Å². The zero-order valence-electron chi connectivity index (χ0n) is 14.9. The lowest BCUT2D eigenvalue weighted by molar-refractivity contribution is -0.130. The van der Waals surface area contributed by atoms with Crippen molar-refractivity contribution >= 4 is 23.3 Å². The normalized spacial score (nSPS) is 11.0. The number of likely N-dealkylation sites (N-methyl/N-ethyl adjacent to an activating group) is 1. The summed E-state index contributed by atoms with van der Waals surface area (Å²) in [5.41, 5.74) is 5.45. The zero-order valence-corrected chi connectivity index (χ0v) is 14.9. The van der Waals surface area contributed by atoms with Crippen LogP contribution in [0.3, 0.4) is 0 Å². The van der Waals surface area contributed by atoms with Gasteiger partial charge in [0.2, 0.25) is 0 Å². The van der Waals surface area contributed by atoms with Gasteiger partial charge in [0.25, 0.3) is 5.91 Å². The number of ether oxygens (including phenoxy) is 1. The van der Waals surface area contributed by atoms with Crippen LogP contribution >= 0.6 is 0 Å². The van der Waals surface area contributed by atoms with Crippen LogP contribution in [-0.2, 0) is 4.79 Å². The monoisotopic (exact) mass is 355 g/mol. The van der Waals surface area contributed by atoms with E-state index < -0.39 is 5.97 Å². The number of anilines is 1. The maximum Gasteiger partial charge on any atom is 0.335 e. The molecule has 0 radical (unpaired) electrons. The number of carbonyl (C=O) groups excluding carboxylic acids is 1. The first-order valence-electron chi connectivity index (χ1n) is 7.94. The van der Waals surface area contributed by atoms with Gasteiger partial charge in [0.15, 0.2) is 6.61 Å². The van der Waals surface area contributed by atoms with Crippen molar-refractivity contribution in [3.63, 3.8) is 0 Å². The van der Waals surface area contributed by atoms with E-state index in [1.165, 1.54) is 17.0 Å². The number of hydrogen-bond donors (Lipinski definition) is 2. The minimum atomic E-state index is -0.967. The molecule has 2 N–H and O–H groups in total. The smallest absolute Gasteiger partial charge is 0.335 e. The molecule has 2 aromatic carbocycles. The minimum Gasteiger partial charge on any atom is -0.484 e. The highest BCUT2D eigenvalue weighted by atomic mass is 16.5. The first-order valence-corrected chi connectivity index (χ1v) is 7.94. The summed E-state index contributed by atoms with van der Waals surface area (Å²) in [5.74, 6) is -0.468. The zero-order chi connectivity index (χ0) is 19.1. The van der Waals surface area contributed by atoms with E-state index in [9.17, 15) is 9.59 Å². The summed E-state index contributed by atoms with van der Waals surface area (Å²) >= 11 is 0. The molecule has 2 aromatic rings. The number of nitrogens with one attached hydrogen (secondary N) is 1. The standard InChI is InChI=1S/C19H21N3O4/c1-13(20-21-16-8-4-15(5-9-16)19(24)25)14-6-10-17(11-7-14)26-12-18(23)22(2)3/h4-11,21H,12H2,1-3H3,(H,24,25)/b20-13-. The molecule has 0 fully saturated rings. The number of rotatable bonds is 7. The molecule has 0 saturated heterocycles. The van der Waals surface area contributed by atoms with Crippen LogP contribution in [0.15, 0.2) is 53.6 Å². The van der Waals surface area contributed by atoms with E-state index in [0.717, 1.165) is 11.3 Å². The highest BCUT2D eigenvalue weighted by Crippen LogP contribution is 2.14. The van der Waals surface area contributed by atoms with Crippen molar-refractivity contribution < 1.29 is 19.4 Å². The Morgan fingerprint density at radius 3 is 2.15 bits per heavy atom. The van der Waals surface area contributed by atoms with E-state index >= 15 is 0 Å². The number of aromatic carboxylic acids is 1. The molecule has 0 aliphatic heterocycles. The second-order valence-electron chi connectivity index (χ2n) is 5.79. The fraction of sp³-hybridized carbons (Fsp3) is 0.211. The Kier molecular flexibility index (Phi) is 6.32. The first-order chi connectivity index (χ1) is 12.4. The highest BCUT2D eigenvalue weighted by molar-refractivity contribution is 5.99. The van der Waals surface area contributed by atoms with Crippen LogP contribution in [0.25, 0.3) is 0 Å². The molecule has 0 aliphatic rings. The van der Waals surface area contributed by atoms with Crippen LogP contribution in [-0.4, -0.2) is 48.3 Å². The molecule has 7 heteroatoms. The number of amides is 1. The maximum absolute atomic E-state index is 11.5. The van der Waals surface area contributed by atoms with Gasteiger partial charge in [0, 0.05) is 14.1 Å². The Hall–Kier alpha value is -3.35. The third-order valence-corrected chi connectivity index (χ3v) is 3.62. The van der Waals surface area contributed by atoms with Crippen LogP contribution in [0.5, 0.6) is 5.75 Å². The highest BCUT2D eigenvalue weighted by Gasteiger charge is 2.05. The molecule has 0 aliphatic carbocycles. The van der Waals surface area contributed by atoms with Crippen LogP contribution in [0.4, 0.5) is 5.69 Å². The quantitative estimate of drug-likeness (QED) is 0.589. The molecule has 0 heterocycles. The maximum atomic E-state index is 11.5. The molecule has 136 valence electrons. The van der Waals surface area contributed by atoms with Crippen molar-refractivity contribution in [1.82, 2.24) is 4.90 Å². The lowest BCUT2D eigenvalue weighted by Gasteiger charge is -2.11.